The molecule has 88 valence electrons. The third-order valence-electron chi connectivity index (χ3n) is 2.30. The molecule has 0 aliphatic heterocycles. The number of hydrogen-bond acceptors (Lipinski definition) is 2. The van der Waals surface area contributed by atoms with Gasteiger partial charge in [0.2, 0.25) is 0 Å². The first-order valence-electron chi connectivity index (χ1n) is 4.82. The number of rotatable bonds is 2. The molecular formula is C12H8Cl3NO. The molecule has 0 saturated carbocycles. The van der Waals surface area contributed by atoms with Crippen molar-refractivity contribution in [1.82, 2.24) is 4.98 Å². The number of nitrogens with zero attached hydrogens (tertiary/aromatic N) is 1. The van der Waals surface area contributed by atoms with Gasteiger partial charge in [-0.2, -0.15) is 0 Å². The van der Waals surface area contributed by atoms with E-state index in [4.69, 9.17) is 34.8 Å². The molecule has 0 fully saturated rings. The van der Waals surface area contributed by atoms with Crippen molar-refractivity contribution < 1.29 is 5.11 Å². The predicted octanol–water partition coefficient (Wildman–Crippen LogP) is 4.20. The van der Waals surface area contributed by atoms with Crippen LogP contribution in [0.2, 0.25) is 15.2 Å². The Morgan fingerprint density at radius 3 is 2.24 bits per heavy atom. The first-order chi connectivity index (χ1) is 8.10. The Morgan fingerprint density at radius 1 is 1.00 bits per heavy atom. The van der Waals surface area contributed by atoms with Crippen LogP contribution in [0.3, 0.4) is 0 Å². The quantitative estimate of drug-likeness (QED) is 0.840. The van der Waals surface area contributed by atoms with Gasteiger partial charge >= 0.3 is 0 Å². The second kappa shape index (κ2) is 5.23. The lowest BCUT2D eigenvalue weighted by Crippen LogP contribution is -1.91. The fraction of sp³-hybridized carbons (Fsp3) is 0.0833. The molecule has 1 N–H and O–H groups in total. The van der Waals surface area contributed by atoms with E-state index < -0.39 is 0 Å². The molecule has 0 spiro atoms. The highest BCUT2D eigenvalue weighted by atomic mass is 35.5. The number of aromatic nitrogens is 1. The smallest absolute Gasteiger partial charge is 0.129 e. The molecule has 5 heteroatoms. The summed E-state index contributed by atoms with van der Waals surface area (Å²) in [7, 11) is 0. The fourth-order valence-electron chi connectivity index (χ4n) is 1.57. The van der Waals surface area contributed by atoms with E-state index in [-0.39, 0.29) is 6.61 Å². The Labute approximate surface area is 114 Å². The Bertz CT molecular complexity index is 537. The Balaban J connectivity index is 2.59. The molecule has 1 heterocycles. The van der Waals surface area contributed by atoms with Crippen molar-refractivity contribution in [3.8, 4) is 11.1 Å². The van der Waals surface area contributed by atoms with Crippen molar-refractivity contribution in [1.29, 1.82) is 0 Å². The minimum absolute atomic E-state index is 0.123. The molecule has 0 radical (unpaired) electrons. The summed E-state index contributed by atoms with van der Waals surface area (Å²) in [5, 5.41) is 10.7. The summed E-state index contributed by atoms with van der Waals surface area (Å²) < 4.78 is 0. The van der Waals surface area contributed by atoms with Gasteiger partial charge < -0.3 is 5.11 Å². The number of pyridine rings is 1. The highest BCUT2D eigenvalue weighted by molar-refractivity contribution is 6.35. The van der Waals surface area contributed by atoms with E-state index in [9.17, 15) is 5.11 Å². The average Bonchev–Trinajstić information content (AvgIpc) is 2.27. The zero-order chi connectivity index (χ0) is 12.4. The summed E-state index contributed by atoms with van der Waals surface area (Å²) in [6, 6.07) is 6.79. The van der Waals surface area contributed by atoms with Gasteiger partial charge in [-0.1, -0.05) is 34.8 Å². The fourth-order valence-corrected chi connectivity index (χ4v) is 2.27. The molecule has 0 amide bonds. The highest BCUT2D eigenvalue weighted by Gasteiger charge is 2.08. The van der Waals surface area contributed by atoms with Crippen LogP contribution in [-0.4, -0.2) is 10.1 Å². The number of aliphatic hydroxyl groups is 1. The first kappa shape index (κ1) is 12.7. The molecule has 0 aliphatic rings. The topological polar surface area (TPSA) is 33.1 Å². The SMILES string of the molecule is OCc1cc(Cl)ncc1-c1cc(Cl)cc(Cl)c1. The third-order valence-corrected chi connectivity index (χ3v) is 2.94. The molecule has 2 rings (SSSR count). The van der Waals surface area contributed by atoms with Gasteiger partial charge in [0.25, 0.3) is 0 Å². The van der Waals surface area contributed by atoms with E-state index in [1.165, 1.54) is 0 Å². The van der Waals surface area contributed by atoms with Crippen molar-refractivity contribution in [2.24, 2.45) is 0 Å². The van der Waals surface area contributed by atoms with Crippen LogP contribution >= 0.6 is 34.8 Å². The van der Waals surface area contributed by atoms with Gasteiger partial charge in [-0.05, 0) is 35.4 Å². The molecular weight excluding hydrogens is 280 g/mol. The summed E-state index contributed by atoms with van der Waals surface area (Å²) in [6.45, 7) is -0.123. The van der Waals surface area contributed by atoms with Crippen LogP contribution in [0.15, 0.2) is 30.5 Å². The molecule has 17 heavy (non-hydrogen) atoms. The van der Waals surface area contributed by atoms with Gasteiger partial charge in [0.15, 0.2) is 0 Å². The number of hydrogen-bond donors (Lipinski definition) is 1. The van der Waals surface area contributed by atoms with Crippen molar-refractivity contribution in [3.05, 3.63) is 51.2 Å². The molecule has 0 atom stereocenters. The van der Waals surface area contributed by atoms with Gasteiger partial charge in [-0.25, -0.2) is 4.98 Å². The van der Waals surface area contributed by atoms with E-state index in [0.29, 0.717) is 20.8 Å². The zero-order valence-corrected chi connectivity index (χ0v) is 10.9. The van der Waals surface area contributed by atoms with Gasteiger partial charge in [0, 0.05) is 21.8 Å². The third kappa shape index (κ3) is 2.90. The van der Waals surface area contributed by atoms with Gasteiger partial charge in [-0.3, -0.25) is 0 Å². The van der Waals surface area contributed by atoms with Crippen LogP contribution in [0.1, 0.15) is 5.56 Å². The van der Waals surface area contributed by atoms with E-state index in [0.717, 1.165) is 11.1 Å². The minimum atomic E-state index is -0.123. The summed E-state index contributed by atoms with van der Waals surface area (Å²) in [5.41, 5.74) is 2.25. The Kier molecular flexibility index (Phi) is 3.89. The monoisotopic (exact) mass is 287 g/mol. The normalized spacial score (nSPS) is 10.6. The molecule has 0 saturated heterocycles. The largest absolute Gasteiger partial charge is 0.392 e. The Morgan fingerprint density at radius 2 is 1.65 bits per heavy atom. The molecule has 0 aliphatic carbocycles. The van der Waals surface area contributed by atoms with Gasteiger partial charge in [0.05, 0.1) is 6.61 Å². The van der Waals surface area contributed by atoms with Crippen LogP contribution in [0.5, 0.6) is 0 Å². The van der Waals surface area contributed by atoms with Crippen LogP contribution in [0.25, 0.3) is 11.1 Å². The van der Waals surface area contributed by atoms with E-state index >= 15 is 0 Å². The van der Waals surface area contributed by atoms with E-state index in [2.05, 4.69) is 4.98 Å². The number of halogens is 3. The molecule has 1 aromatic carbocycles. The lowest BCUT2D eigenvalue weighted by Gasteiger charge is -2.08. The standard InChI is InChI=1S/C12H8Cl3NO/c13-9-1-7(2-10(14)4-9)11-5-16-12(15)3-8(11)6-17/h1-5,17H,6H2. The second-order valence-corrected chi connectivity index (χ2v) is 4.74. The first-order valence-corrected chi connectivity index (χ1v) is 5.95. The van der Waals surface area contributed by atoms with Crippen LogP contribution < -0.4 is 0 Å². The van der Waals surface area contributed by atoms with Crippen molar-refractivity contribution in [2.75, 3.05) is 0 Å². The lowest BCUT2D eigenvalue weighted by molar-refractivity contribution is 0.282. The maximum atomic E-state index is 9.29. The summed E-state index contributed by atoms with van der Waals surface area (Å²) in [4.78, 5) is 3.99. The summed E-state index contributed by atoms with van der Waals surface area (Å²) >= 11 is 17.6. The zero-order valence-electron chi connectivity index (χ0n) is 8.62. The van der Waals surface area contributed by atoms with Crippen LogP contribution in [0, 0.1) is 0 Å². The molecule has 0 bridgehead atoms. The highest BCUT2D eigenvalue weighted by Crippen LogP contribution is 2.30. The predicted molar refractivity (Wildman–Crippen MR) is 70.6 cm³/mol. The summed E-state index contributed by atoms with van der Waals surface area (Å²) in [6.07, 6.45) is 1.59. The summed E-state index contributed by atoms with van der Waals surface area (Å²) in [5.74, 6) is 0. The number of benzene rings is 1. The molecule has 2 aromatic rings. The van der Waals surface area contributed by atoms with E-state index in [1.807, 2.05) is 0 Å². The minimum Gasteiger partial charge on any atom is -0.392 e. The molecule has 2 nitrogen and oxygen atoms in total. The van der Waals surface area contributed by atoms with Gasteiger partial charge in [0.1, 0.15) is 5.15 Å². The number of aliphatic hydroxyl groups excluding tert-OH is 1. The maximum absolute atomic E-state index is 9.29. The van der Waals surface area contributed by atoms with E-state index in [1.54, 1.807) is 30.5 Å². The van der Waals surface area contributed by atoms with Crippen molar-refractivity contribution in [3.63, 3.8) is 0 Å². The molecule has 1 aromatic heterocycles. The van der Waals surface area contributed by atoms with Gasteiger partial charge in [-0.15, -0.1) is 0 Å². The van der Waals surface area contributed by atoms with Crippen LogP contribution in [-0.2, 0) is 6.61 Å². The maximum Gasteiger partial charge on any atom is 0.129 e. The van der Waals surface area contributed by atoms with Crippen molar-refractivity contribution >= 4 is 34.8 Å². The lowest BCUT2D eigenvalue weighted by atomic mass is 10.0. The molecule has 0 unspecified atom stereocenters. The average molecular weight is 289 g/mol. The van der Waals surface area contributed by atoms with Crippen molar-refractivity contribution in [2.45, 2.75) is 6.61 Å². The van der Waals surface area contributed by atoms with Crippen LogP contribution in [0.4, 0.5) is 0 Å². The second-order valence-electron chi connectivity index (χ2n) is 3.48. The Hall–Kier alpha value is -0.800.